The highest BCUT2D eigenvalue weighted by molar-refractivity contribution is 6.35. The standard InChI is InChI=1S/C21H28Cl2N6O3/c1-14(30)28-21(8-4-2-3-5-9-21)20-27-18(32-29-20)7-6-17(31)24-10-11-25-19-16(23)12-15(22)13-26-19/h12-13H,2-11H2,1H3,(H,24,31)(H,25,26)(H,28,30). The van der Waals surface area contributed by atoms with Crippen molar-refractivity contribution < 1.29 is 14.1 Å². The zero-order chi connectivity index (χ0) is 23.0. The van der Waals surface area contributed by atoms with E-state index in [0.717, 1.165) is 38.5 Å². The Morgan fingerprint density at radius 3 is 2.59 bits per heavy atom. The lowest BCUT2D eigenvalue weighted by Gasteiger charge is -2.30. The normalized spacial score (nSPS) is 15.6. The van der Waals surface area contributed by atoms with Crippen LogP contribution in [-0.2, 0) is 21.5 Å². The lowest BCUT2D eigenvalue weighted by molar-refractivity contribution is -0.122. The van der Waals surface area contributed by atoms with Gasteiger partial charge in [-0.2, -0.15) is 4.98 Å². The van der Waals surface area contributed by atoms with Crippen LogP contribution in [0.2, 0.25) is 10.0 Å². The van der Waals surface area contributed by atoms with Gasteiger partial charge in [0.15, 0.2) is 5.82 Å². The number of carbonyl (C=O) groups is 2. The zero-order valence-corrected chi connectivity index (χ0v) is 19.6. The van der Waals surface area contributed by atoms with Gasteiger partial charge < -0.3 is 20.5 Å². The summed E-state index contributed by atoms with van der Waals surface area (Å²) in [5.74, 6) is 1.16. The Balaban J connectivity index is 1.46. The molecule has 0 saturated heterocycles. The van der Waals surface area contributed by atoms with Gasteiger partial charge in [-0.15, -0.1) is 0 Å². The highest BCUT2D eigenvalue weighted by Crippen LogP contribution is 2.34. The van der Waals surface area contributed by atoms with E-state index in [1.807, 2.05) is 0 Å². The third-order valence-corrected chi connectivity index (χ3v) is 5.88. The van der Waals surface area contributed by atoms with Gasteiger partial charge >= 0.3 is 0 Å². The Kier molecular flexibility index (Phi) is 8.69. The molecule has 0 unspecified atom stereocenters. The predicted octanol–water partition coefficient (Wildman–Crippen LogP) is 3.62. The zero-order valence-electron chi connectivity index (χ0n) is 18.0. The molecule has 1 fully saturated rings. The van der Waals surface area contributed by atoms with E-state index in [1.54, 1.807) is 6.07 Å². The topological polar surface area (TPSA) is 122 Å². The van der Waals surface area contributed by atoms with Crippen LogP contribution in [0, 0.1) is 0 Å². The molecule has 2 amide bonds. The first kappa shape index (κ1) is 24.3. The van der Waals surface area contributed by atoms with Gasteiger partial charge in [0.2, 0.25) is 17.7 Å². The predicted molar refractivity (Wildman–Crippen MR) is 122 cm³/mol. The van der Waals surface area contributed by atoms with E-state index in [1.165, 1.54) is 13.1 Å². The number of nitrogens with one attached hydrogen (secondary N) is 3. The SMILES string of the molecule is CC(=O)NC1(c2noc(CCC(=O)NCCNc3ncc(Cl)cc3Cl)n2)CCCCCC1. The third kappa shape index (κ3) is 6.80. The number of pyridine rings is 1. The summed E-state index contributed by atoms with van der Waals surface area (Å²) in [5.41, 5.74) is -0.588. The fourth-order valence-corrected chi connectivity index (χ4v) is 4.31. The lowest BCUT2D eigenvalue weighted by Crippen LogP contribution is -2.45. The van der Waals surface area contributed by atoms with E-state index in [9.17, 15) is 9.59 Å². The monoisotopic (exact) mass is 482 g/mol. The number of hydrogen-bond donors (Lipinski definition) is 3. The van der Waals surface area contributed by atoms with Crippen molar-refractivity contribution in [1.82, 2.24) is 25.8 Å². The minimum atomic E-state index is -0.588. The van der Waals surface area contributed by atoms with Crippen LogP contribution in [0.1, 0.15) is 63.6 Å². The summed E-state index contributed by atoms with van der Waals surface area (Å²) in [6.07, 6.45) is 7.86. The smallest absolute Gasteiger partial charge is 0.227 e. The first-order valence-electron chi connectivity index (χ1n) is 10.8. The molecule has 32 heavy (non-hydrogen) atoms. The molecule has 0 spiro atoms. The van der Waals surface area contributed by atoms with Gasteiger partial charge in [0.25, 0.3) is 0 Å². The molecular formula is C21H28Cl2N6O3. The molecular weight excluding hydrogens is 455 g/mol. The number of aryl methyl sites for hydroxylation is 1. The number of hydrogen-bond acceptors (Lipinski definition) is 7. The van der Waals surface area contributed by atoms with E-state index < -0.39 is 5.54 Å². The molecule has 11 heteroatoms. The van der Waals surface area contributed by atoms with Crippen molar-refractivity contribution in [2.45, 2.75) is 63.8 Å². The molecule has 2 heterocycles. The van der Waals surface area contributed by atoms with Gasteiger partial charge in [-0.05, 0) is 18.9 Å². The molecule has 0 bridgehead atoms. The molecule has 174 valence electrons. The maximum Gasteiger partial charge on any atom is 0.227 e. The van der Waals surface area contributed by atoms with Crippen LogP contribution in [0.3, 0.4) is 0 Å². The number of aromatic nitrogens is 3. The van der Waals surface area contributed by atoms with Gasteiger partial charge in [-0.1, -0.05) is 54.0 Å². The largest absolute Gasteiger partial charge is 0.367 e. The number of anilines is 1. The number of halogens is 2. The number of amides is 2. The van der Waals surface area contributed by atoms with Crippen molar-refractivity contribution in [2.75, 3.05) is 18.4 Å². The molecule has 0 radical (unpaired) electrons. The fraction of sp³-hybridized carbons (Fsp3) is 0.571. The quantitative estimate of drug-likeness (QED) is 0.368. The highest BCUT2D eigenvalue weighted by atomic mass is 35.5. The number of nitrogens with zero attached hydrogens (tertiary/aromatic N) is 3. The van der Waals surface area contributed by atoms with E-state index in [0.29, 0.717) is 47.1 Å². The molecule has 9 nitrogen and oxygen atoms in total. The first-order valence-corrected chi connectivity index (χ1v) is 11.6. The highest BCUT2D eigenvalue weighted by Gasteiger charge is 2.38. The van der Waals surface area contributed by atoms with Crippen molar-refractivity contribution in [3.05, 3.63) is 34.0 Å². The summed E-state index contributed by atoms with van der Waals surface area (Å²) in [4.78, 5) is 32.6. The Morgan fingerprint density at radius 1 is 1.16 bits per heavy atom. The summed E-state index contributed by atoms with van der Waals surface area (Å²) in [6.45, 7) is 2.37. The maximum absolute atomic E-state index is 12.2. The van der Waals surface area contributed by atoms with Gasteiger partial charge in [0, 0.05) is 39.1 Å². The number of carbonyl (C=O) groups excluding carboxylic acids is 2. The molecule has 1 saturated carbocycles. The Bertz CT molecular complexity index is 928. The molecule has 0 aliphatic heterocycles. The van der Waals surface area contributed by atoms with E-state index >= 15 is 0 Å². The summed E-state index contributed by atoms with van der Waals surface area (Å²) >= 11 is 11.9. The van der Waals surface area contributed by atoms with Gasteiger partial charge in [-0.3, -0.25) is 9.59 Å². The maximum atomic E-state index is 12.2. The fourth-order valence-electron chi connectivity index (χ4n) is 3.86. The van der Waals surface area contributed by atoms with Crippen LogP contribution < -0.4 is 16.0 Å². The van der Waals surface area contributed by atoms with Crippen molar-refractivity contribution in [2.24, 2.45) is 0 Å². The number of rotatable bonds is 9. The Morgan fingerprint density at radius 2 is 1.91 bits per heavy atom. The first-order chi connectivity index (χ1) is 15.4. The van der Waals surface area contributed by atoms with Crippen LogP contribution in [0.25, 0.3) is 0 Å². The molecule has 2 aromatic heterocycles. The molecule has 1 aliphatic carbocycles. The molecule has 1 aliphatic rings. The summed E-state index contributed by atoms with van der Waals surface area (Å²) < 4.78 is 5.38. The molecule has 0 aromatic carbocycles. The second-order valence-corrected chi connectivity index (χ2v) is 8.79. The van der Waals surface area contributed by atoms with Crippen LogP contribution in [0.5, 0.6) is 0 Å². The Hall–Kier alpha value is -2.39. The van der Waals surface area contributed by atoms with Gasteiger partial charge in [0.05, 0.1) is 10.0 Å². The van der Waals surface area contributed by atoms with Crippen LogP contribution in [0.15, 0.2) is 16.8 Å². The average Bonchev–Trinajstić information content (AvgIpc) is 3.11. The molecule has 3 N–H and O–H groups in total. The second kappa shape index (κ2) is 11.5. The molecule has 0 atom stereocenters. The van der Waals surface area contributed by atoms with E-state index in [2.05, 4.69) is 31.1 Å². The minimum Gasteiger partial charge on any atom is -0.367 e. The summed E-state index contributed by atoms with van der Waals surface area (Å²) in [6, 6.07) is 1.60. The van der Waals surface area contributed by atoms with Crippen LogP contribution in [-0.4, -0.2) is 40.0 Å². The Labute approximate surface area is 197 Å². The van der Waals surface area contributed by atoms with Crippen molar-refractivity contribution in [1.29, 1.82) is 0 Å². The van der Waals surface area contributed by atoms with Crippen molar-refractivity contribution >= 4 is 40.8 Å². The molecule has 3 rings (SSSR count). The van der Waals surface area contributed by atoms with Gasteiger partial charge in [0.1, 0.15) is 11.4 Å². The molecule has 2 aromatic rings. The summed E-state index contributed by atoms with van der Waals surface area (Å²) in [5, 5.41) is 13.9. The van der Waals surface area contributed by atoms with E-state index in [4.69, 9.17) is 27.7 Å². The van der Waals surface area contributed by atoms with Crippen LogP contribution in [0.4, 0.5) is 5.82 Å². The third-order valence-electron chi connectivity index (χ3n) is 5.38. The average molecular weight is 483 g/mol. The van der Waals surface area contributed by atoms with E-state index in [-0.39, 0.29) is 18.2 Å². The van der Waals surface area contributed by atoms with Crippen LogP contribution >= 0.6 is 23.2 Å². The van der Waals surface area contributed by atoms with Crippen molar-refractivity contribution in [3.8, 4) is 0 Å². The van der Waals surface area contributed by atoms with Gasteiger partial charge in [-0.25, -0.2) is 4.98 Å². The minimum absolute atomic E-state index is 0.110. The summed E-state index contributed by atoms with van der Waals surface area (Å²) in [7, 11) is 0. The van der Waals surface area contributed by atoms with Crippen molar-refractivity contribution in [3.63, 3.8) is 0 Å². The second-order valence-electron chi connectivity index (χ2n) is 7.95. The lowest BCUT2D eigenvalue weighted by atomic mass is 9.89.